The third kappa shape index (κ3) is 2.72. The molecule has 0 radical (unpaired) electrons. The summed E-state index contributed by atoms with van der Waals surface area (Å²) in [5.74, 6) is 0.797. The highest BCUT2D eigenvalue weighted by Gasteiger charge is 2.18. The number of hydrogen-bond acceptors (Lipinski definition) is 2. The number of carbonyl (C=O) groups is 1. The van der Waals surface area contributed by atoms with Crippen LogP contribution in [0.2, 0.25) is 0 Å². The van der Waals surface area contributed by atoms with Crippen LogP contribution in [-0.4, -0.2) is 36.3 Å². The molecule has 2 N–H and O–H groups in total. The third-order valence-electron chi connectivity index (χ3n) is 2.15. The third-order valence-corrected chi connectivity index (χ3v) is 2.15. The Morgan fingerprint density at radius 3 is 2.92 bits per heavy atom. The van der Waals surface area contributed by atoms with Crippen molar-refractivity contribution in [3.05, 3.63) is 0 Å². The van der Waals surface area contributed by atoms with Gasteiger partial charge in [-0.15, -0.1) is 0 Å². The summed E-state index contributed by atoms with van der Waals surface area (Å²) in [7, 11) is 0. The number of amides is 1. The number of amidine groups is 1. The largest absolute Gasteiger partial charge is 0.354 e. The molecule has 1 saturated heterocycles. The van der Waals surface area contributed by atoms with Gasteiger partial charge in [0.05, 0.1) is 12.4 Å². The molecule has 1 fully saturated rings. The van der Waals surface area contributed by atoms with Crippen LogP contribution in [0.3, 0.4) is 0 Å². The van der Waals surface area contributed by atoms with Crippen LogP contribution in [0.5, 0.6) is 0 Å². The summed E-state index contributed by atoms with van der Waals surface area (Å²) in [6.07, 6.45) is 0.931. The molecule has 1 aliphatic rings. The zero-order valence-corrected chi connectivity index (χ0v) is 8.26. The number of nitrogens with zero attached hydrogens (tertiary/aromatic N) is 1. The Morgan fingerprint density at radius 1 is 1.62 bits per heavy atom. The molecule has 0 aliphatic carbocycles. The van der Waals surface area contributed by atoms with E-state index in [9.17, 15) is 4.79 Å². The molecule has 1 rings (SSSR count). The van der Waals surface area contributed by atoms with Crippen molar-refractivity contribution in [2.24, 2.45) is 5.92 Å². The molecule has 0 unspecified atom stereocenters. The van der Waals surface area contributed by atoms with E-state index in [1.165, 1.54) is 0 Å². The Balaban J connectivity index is 2.57. The van der Waals surface area contributed by atoms with Gasteiger partial charge in [-0.2, -0.15) is 0 Å². The maximum absolute atomic E-state index is 11.2. The summed E-state index contributed by atoms with van der Waals surface area (Å²) in [6, 6.07) is 0. The van der Waals surface area contributed by atoms with Gasteiger partial charge >= 0.3 is 0 Å². The van der Waals surface area contributed by atoms with Gasteiger partial charge in [0.25, 0.3) is 0 Å². The summed E-state index contributed by atoms with van der Waals surface area (Å²) in [5.41, 5.74) is 0. The van der Waals surface area contributed by atoms with Gasteiger partial charge in [-0.25, -0.2) is 0 Å². The van der Waals surface area contributed by atoms with Crippen molar-refractivity contribution in [3.63, 3.8) is 0 Å². The van der Waals surface area contributed by atoms with Gasteiger partial charge in [0.1, 0.15) is 0 Å². The molecular formula is C9H17N3O. The van der Waals surface area contributed by atoms with E-state index in [2.05, 4.69) is 5.32 Å². The van der Waals surface area contributed by atoms with E-state index >= 15 is 0 Å². The maximum Gasteiger partial charge on any atom is 0.239 e. The van der Waals surface area contributed by atoms with E-state index in [-0.39, 0.29) is 11.8 Å². The van der Waals surface area contributed by atoms with Crippen molar-refractivity contribution >= 4 is 11.7 Å². The highest BCUT2D eigenvalue weighted by Crippen LogP contribution is 2.04. The Kier molecular flexibility index (Phi) is 3.28. The lowest BCUT2D eigenvalue weighted by Crippen LogP contribution is -2.39. The average Bonchev–Trinajstić information content (AvgIpc) is 2.28. The van der Waals surface area contributed by atoms with E-state index in [1.54, 1.807) is 0 Å². The van der Waals surface area contributed by atoms with Gasteiger partial charge in [0, 0.05) is 19.0 Å². The molecule has 74 valence electrons. The monoisotopic (exact) mass is 183 g/mol. The summed E-state index contributed by atoms with van der Waals surface area (Å²) in [4.78, 5) is 13.0. The first-order valence-electron chi connectivity index (χ1n) is 4.71. The summed E-state index contributed by atoms with van der Waals surface area (Å²) in [6.45, 7) is 5.85. The van der Waals surface area contributed by atoms with E-state index in [4.69, 9.17) is 5.41 Å². The van der Waals surface area contributed by atoms with E-state index in [0.29, 0.717) is 12.4 Å². The molecular weight excluding hydrogens is 166 g/mol. The van der Waals surface area contributed by atoms with Crippen molar-refractivity contribution in [1.29, 1.82) is 5.41 Å². The predicted molar refractivity (Wildman–Crippen MR) is 51.8 cm³/mol. The zero-order valence-electron chi connectivity index (χ0n) is 8.26. The second-order valence-corrected chi connectivity index (χ2v) is 3.67. The smallest absolute Gasteiger partial charge is 0.239 e. The van der Waals surface area contributed by atoms with Crippen LogP contribution in [0.1, 0.15) is 20.3 Å². The molecule has 4 nitrogen and oxygen atoms in total. The van der Waals surface area contributed by atoms with Crippen molar-refractivity contribution in [2.45, 2.75) is 20.3 Å². The van der Waals surface area contributed by atoms with Gasteiger partial charge < -0.3 is 10.2 Å². The van der Waals surface area contributed by atoms with E-state index < -0.39 is 0 Å². The Morgan fingerprint density at radius 2 is 2.31 bits per heavy atom. The van der Waals surface area contributed by atoms with Crippen LogP contribution in [0.4, 0.5) is 0 Å². The van der Waals surface area contributed by atoms with Gasteiger partial charge in [0.2, 0.25) is 5.91 Å². The molecule has 0 aromatic heterocycles. The molecule has 4 heteroatoms. The van der Waals surface area contributed by atoms with Gasteiger partial charge in [-0.05, 0) is 6.42 Å². The second-order valence-electron chi connectivity index (χ2n) is 3.67. The molecule has 1 amide bonds. The van der Waals surface area contributed by atoms with Crippen molar-refractivity contribution in [3.8, 4) is 0 Å². The number of hydrogen-bond donors (Lipinski definition) is 2. The van der Waals surface area contributed by atoms with Crippen molar-refractivity contribution in [2.75, 3.05) is 19.6 Å². The molecule has 0 atom stereocenters. The average molecular weight is 183 g/mol. The zero-order chi connectivity index (χ0) is 9.84. The predicted octanol–water partition coefficient (Wildman–Crippen LogP) is 0.442. The minimum absolute atomic E-state index is 0.0305. The van der Waals surface area contributed by atoms with Crippen LogP contribution >= 0.6 is 0 Å². The minimum Gasteiger partial charge on any atom is -0.354 e. The summed E-state index contributed by atoms with van der Waals surface area (Å²) < 4.78 is 0. The van der Waals surface area contributed by atoms with Crippen LogP contribution in [0, 0.1) is 11.3 Å². The molecule has 0 aromatic carbocycles. The van der Waals surface area contributed by atoms with E-state index in [0.717, 1.165) is 19.5 Å². The summed E-state index contributed by atoms with van der Waals surface area (Å²) in [5, 5.41) is 10.6. The topological polar surface area (TPSA) is 56.2 Å². The lowest BCUT2D eigenvalue weighted by molar-refractivity contribution is -0.120. The fourth-order valence-corrected chi connectivity index (χ4v) is 1.38. The first kappa shape index (κ1) is 10.0. The fourth-order valence-electron chi connectivity index (χ4n) is 1.38. The molecule has 1 aliphatic heterocycles. The van der Waals surface area contributed by atoms with Gasteiger partial charge in [-0.1, -0.05) is 13.8 Å². The second kappa shape index (κ2) is 4.25. The minimum atomic E-state index is 0.0305. The molecule has 1 heterocycles. The fraction of sp³-hybridized carbons (Fsp3) is 0.778. The Labute approximate surface area is 78.8 Å². The maximum atomic E-state index is 11.2. The number of nitrogens with one attached hydrogen (secondary N) is 2. The van der Waals surface area contributed by atoms with Crippen molar-refractivity contribution in [1.82, 2.24) is 10.2 Å². The Hall–Kier alpha value is -1.06. The van der Waals surface area contributed by atoms with E-state index in [1.807, 2.05) is 18.7 Å². The van der Waals surface area contributed by atoms with Crippen LogP contribution in [-0.2, 0) is 4.79 Å². The summed E-state index contributed by atoms with van der Waals surface area (Å²) >= 11 is 0. The number of rotatable bonds is 1. The normalized spacial score (nSPS) is 18.4. The molecule has 0 saturated carbocycles. The standard InChI is InChI=1S/C9H17N3O/c1-7(2)9(10)12-5-3-4-11-8(13)6-12/h7,10H,3-6H2,1-2H3,(H,11,13). The molecule has 0 spiro atoms. The molecule has 13 heavy (non-hydrogen) atoms. The Bertz CT molecular complexity index is 213. The van der Waals surface area contributed by atoms with Crippen molar-refractivity contribution < 1.29 is 4.79 Å². The number of carbonyl (C=O) groups excluding carboxylic acids is 1. The lowest BCUT2D eigenvalue weighted by Gasteiger charge is -2.24. The quantitative estimate of drug-likeness (QED) is 0.458. The van der Waals surface area contributed by atoms with Crippen LogP contribution in [0.25, 0.3) is 0 Å². The van der Waals surface area contributed by atoms with Crippen LogP contribution < -0.4 is 5.32 Å². The SMILES string of the molecule is CC(C)C(=N)N1CCCNC(=O)C1. The first-order chi connectivity index (χ1) is 6.11. The highest BCUT2D eigenvalue weighted by atomic mass is 16.2. The van der Waals surface area contributed by atoms with Crippen LogP contribution in [0.15, 0.2) is 0 Å². The molecule has 0 bridgehead atoms. The van der Waals surface area contributed by atoms with Gasteiger partial charge in [0.15, 0.2) is 0 Å². The van der Waals surface area contributed by atoms with Gasteiger partial charge in [-0.3, -0.25) is 10.2 Å². The lowest BCUT2D eigenvalue weighted by atomic mass is 10.2. The molecule has 0 aromatic rings. The first-order valence-corrected chi connectivity index (χ1v) is 4.71. The highest BCUT2D eigenvalue weighted by molar-refractivity contribution is 5.87.